The molecule has 0 saturated carbocycles. The van der Waals surface area contributed by atoms with Crippen molar-refractivity contribution in [2.24, 2.45) is 11.7 Å². The summed E-state index contributed by atoms with van der Waals surface area (Å²) in [6.07, 6.45) is 1.08. The van der Waals surface area contributed by atoms with Crippen molar-refractivity contribution in [3.8, 4) is 0 Å². The highest BCUT2D eigenvalue weighted by atomic mass is 16.6. The second-order valence-corrected chi connectivity index (χ2v) is 4.54. The lowest BCUT2D eigenvalue weighted by molar-refractivity contribution is -0.384. The molecule has 0 heterocycles. The molecule has 1 unspecified atom stereocenters. The fourth-order valence-corrected chi connectivity index (χ4v) is 1.76. The fraction of sp³-hybridized carbons (Fsp3) is 0.462. The van der Waals surface area contributed by atoms with Gasteiger partial charge in [-0.25, -0.2) is 0 Å². The molecule has 0 bridgehead atoms. The van der Waals surface area contributed by atoms with Crippen LogP contribution in [0.2, 0.25) is 0 Å². The number of benzene rings is 1. The number of nitrogens with zero attached hydrogens (tertiary/aromatic N) is 1. The molecule has 0 aliphatic heterocycles. The van der Waals surface area contributed by atoms with Crippen molar-refractivity contribution in [1.29, 1.82) is 0 Å². The van der Waals surface area contributed by atoms with E-state index in [0.29, 0.717) is 6.54 Å². The van der Waals surface area contributed by atoms with Crippen LogP contribution >= 0.6 is 0 Å². The first-order chi connectivity index (χ1) is 8.97. The first-order valence-corrected chi connectivity index (χ1v) is 6.22. The van der Waals surface area contributed by atoms with Crippen molar-refractivity contribution in [1.82, 2.24) is 0 Å². The Bertz CT molecular complexity index is 470. The maximum Gasteiger partial charge on any atom is 0.293 e. The molecule has 0 spiro atoms. The molecule has 0 aromatic heterocycles. The van der Waals surface area contributed by atoms with Crippen LogP contribution in [0.15, 0.2) is 18.2 Å². The lowest BCUT2D eigenvalue weighted by atomic mass is 10.0. The smallest absolute Gasteiger partial charge is 0.293 e. The molecular weight excluding hydrogens is 246 g/mol. The van der Waals surface area contributed by atoms with E-state index >= 15 is 0 Å². The third-order valence-corrected chi connectivity index (χ3v) is 3.01. The van der Waals surface area contributed by atoms with Crippen LogP contribution in [0.4, 0.5) is 11.4 Å². The summed E-state index contributed by atoms with van der Waals surface area (Å²) >= 11 is 0. The van der Waals surface area contributed by atoms with E-state index in [1.807, 2.05) is 6.92 Å². The summed E-state index contributed by atoms with van der Waals surface area (Å²) in [4.78, 5) is 22.2. The van der Waals surface area contributed by atoms with Gasteiger partial charge in [0.1, 0.15) is 5.69 Å². The molecule has 1 aromatic rings. The van der Waals surface area contributed by atoms with Crippen molar-refractivity contribution < 1.29 is 9.72 Å². The molecule has 6 heteroatoms. The summed E-state index contributed by atoms with van der Waals surface area (Å²) in [5.74, 6) is -0.145. The standard InChI is InChI=1S/C13H19N3O3/c1-3-10(8-14)7-13(17)15-11-5-4-9(2)6-12(11)16(18)19/h4-6,10H,3,7-8,14H2,1-2H3,(H,15,17). The number of carbonyl (C=O) groups excluding carboxylic acids is 1. The van der Waals surface area contributed by atoms with Gasteiger partial charge in [0.05, 0.1) is 4.92 Å². The van der Waals surface area contributed by atoms with E-state index in [1.54, 1.807) is 19.1 Å². The molecule has 1 atom stereocenters. The molecule has 0 saturated heterocycles. The number of carbonyl (C=O) groups is 1. The first-order valence-electron chi connectivity index (χ1n) is 6.22. The monoisotopic (exact) mass is 265 g/mol. The van der Waals surface area contributed by atoms with E-state index < -0.39 is 4.92 Å². The maximum atomic E-state index is 11.8. The van der Waals surface area contributed by atoms with Gasteiger partial charge in [0.2, 0.25) is 5.91 Å². The first kappa shape index (κ1) is 15.1. The largest absolute Gasteiger partial charge is 0.330 e. The normalized spacial score (nSPS) is 11.9. The van der Waals surface area contributed by atoms with E-state index in [2.05, 4.69) is 5.32 Å². The molecule has 0 aliphatic carbocycles. The molecule has 0 fully saturated rings. The van der Waals surface area contributed by atoms with Crippen LogP contribution in [0.5, 0.6) is 0 Å². The fourth-order valence-electron chi connectivity index (χ4n) is 1.76. The molecule has 6 nitrogen and oxygen atoms in total. The van der Waals surface area contributed by atoms with Crippen molar-refractivity contribution in [3.05, 3.63) is 33.9 Å². The molecule has 0 radical (unpaired) electrons. The van der Waals surface area contributed by atoms with Crippen molar-refractivity contribution in [2.45, 2.75) is 26.7 Å². The van der Waals surface area contributed by atoms with Crippen LogP contribution in [0.25, 0.3) is 0 Å². The average Bonchev–Trinajstić information content (AvgIpc) is 2.37. The number of nitro benzene ring substituents is 1. The molecule has 3 N–H and O–H groups in total. The van der Waals surface area contributed by atoms with Crippen LogP contribution in [-0.4, -0.2) is 17.4 Å². The van der Waals surface area contributed by atoms with Crippen LogP contribution in [0, 0.1) is 23.0 Å². The number of hydrogen-bond donors (Lipinski definition) is 2. The Morgan fingerprint density at radius 3 is 2.74 bits per heavy atom. The van der Waals surface area contributed by atoms with Gasteiger partial charge in [-0.1, -0.05) is 19.4 Å². The Balaban J connectivity index is 2.82. The Labute approximate surface area is 112 Å². The number of nitrogens with one attached hydrogen (secondary N) is 1. The summed E-state index contributed by atoms with van der Waals surface area (Å²) in [5, 5.41) is 13.5. The highest BCUT2D eigenvalue weighted by molar-refractivity contribution is 5.93. The number of amides is 1. The number of anilines is 1. The van der Waals surface area contributed by atoms with Crippen LogP contribution in [-0.2, 0) is 4.79 Å². The summed E-state index contributed by atoms with van der Waals surface area (Å²) in [7, 11) is 0. The minimum absolute atomic E-state index is 0.0888. The van der Waals surface area contributed by atoms with E-state index in [4.69, 9.17) is 5.73 Å². The van der Waals surface area contributed by atoms with Crippen molar-refractivity contribution in [2.75, 3.05) is 11.9 Å². The van der Waals surface area contributed by atoms with E-state index in [-0.39, 0.29) is 29.6 Å². The van der Waals surface area contributed by atoms with Crippen LogP contribution in [0.1, 0.15) is 25.3 Å². The second kappa shape index (κ2) is 6.84. The summed E-state index contributed by atoms with van der Waals surface area (Å²) in [6, 6.07) is 4.72. The van der Waals surface area contributed by atoms with E-state index in [0.717, 1.165) is 12.0 Å². The number of nitro groups is 1. The second-order valence-electron chi connectivity index (χ2n) is 4.54. The van der Waals surface area contributed by atoms with Gasteiger partial charge < -0.3 is 11.1 Å². The Morgan fingerprint density at radius 1 is 1.53 bits per heavy atom. The van der Waals surface area contributed by atoms with Gasteiger partial charge >= 0.3 is 0 Å². The number of nitrogens with two attached hydrogens (primary N) is 1. The highest BCUT2D eigenvalue weighted by Crippen LogP contribution is 2.25. The van der Waals surface area contributed by atoms with Gasteiger partial charge in [-0.05, 0) is 31.0 Å². The zero-order valence-corrected chi connectivity index (χ0v) is 11.2. The summed E-state index contributed by atoms with van der Waals surface area (Å²) in [6.45, 7) is 4.15. The highest BCUT2D eigenvalue weighted by Gasteiger charge is 2.17. The maximum absolute atomic E-state index is 11.8. The average molecular weight is 265 g/mol. The Kier molecular flexibility index (Phi) is 5.44. The van der Waals surface area contributed by atoms with Gasteiger partial charge in [0, 0.05) is 12.5 Å². The Hall–Kier alpha value is -1.95. The minimum atomic E-state index is -0.497. The van der Waals surface area contributed by atoms with Gasteiger partial charge in [-0.3, -0.25) is 14.9 Å². The molecule has 1 amide bonds. The molecule has 19 heavy (non-hydrogen) atoms. The van der Waals surface area contributed by atoms with Gasteiger partial charge in [-0.15, -0.1) is 0 Å². The van der Waals surface area contributed by atoms with Gasteiger partial charge in [0.25, 0.3) is 5.69 Å². The van der Waals surface area contributed by atoms with E-state index in [1.165, 1.54) is 6.07 Å². The van der Waals surface area contributed by atoms with E-state index in [9.17, 15) is 14.9 Å². The lowest BCUT2D eigenvalue weighted by Crippen LogP contribution is -2.22. The lowest BCUT2D eigenvalue weighted by Gasteiger charge is -2.12. The third kappa shape index (κ3) is 4.33. The summed E-state index contributed by atoms with van der Waals surface area (Å²) < 4.78 is 0. The van der Waals surface area contributed by atoms with Crippen LogP contribution in [0.3, 0.4) is 0 Å². The molecule has 0 aliphatic rings. The van der Waals surface area contributed by atoms with Gasteiger partial charge in [0.15, 0.2) is 0 Å². The quantitative estimate of drug-likeness (QED) is 0.608. The van der Waals surface area contributed by atoms with Crippen LogP contribution < -0.4 is 11.1 Å². The number of rotatable bonds is 6. The molecule has 1 aromatic carbocycles. The molecule has 1 rings (SSSR count). The topological polar surface area (TPSA) is 98.3 Å². The third-order valence-electron chi connectivity index (χ3n) is 3.01. The Morgan fingerprint density at radius 2 is 2.21 bits per heavy atom. The van der Waals surface area contributed by atoms with Gasteiger partial charge in [-0.2, -0.15) is 0 Å². The van der Waals surface area contributed by atoms with Crippen molar-refractivity contribution in [3.63, 3.8) is 0 Å². The summed E-state index contributed by atoms with van der Waals surface area (Å²) in [5.41, 5.74) is 6.45. The SMILES string of the molecule is CCC(CN)CC(=O)Nc1ccc(C)cc1[N+](=O)[O-]. The predicted octanol–water partition coefficient (Wildman–Crippen LogP) is 2.22. The van der Waals surface area contributed by atoms with Crippen molar-refractivity contribution >= 4 is 17.3 Å². The number of hydrogen-bond acceptors (Lipinski definition) is 4. The number of aryl methyl sites for hydroxylation is 1. The predicted molar refractivity (Wildman–Crippen MR) is 73.9 cm³/mol. The zero-order valence-electron chi connectivity index (χ0n) is 11.2. The zero-order chi connectivity index (χ0) is 14.4. The molecular formula is C13H19N3O3. The molecule has 104 valence electrons. The minimum Gasteiger partial charge on any atom is -0.330 e.